The summed E-state index contributed by atoms with van der Waals surface area (Å²) in [5.41, 5.74) is 5.41. The van der Waals surface area contributed by atoms with Crippen molar-refractivity contribution >= 4 is 35.0 Å². The minimum atomic E-state index is -0.517. The van der Waals surface area contributed by atoms with Crippen LogP contribution in [0.15, 0.2) is 109 Å². The molecule has 0 unspecified atom stereocenters. The van der Waals surface area contributed by atoms with Gasteiger partial charge >= 0.3 is 0 Å². The van der Waals surface area contributed by atoms with Crippen molar-refractivity contribution in [2.45, 2.75) is 62.7 Å². The van der Waals surface area contributed by atoms with Crippen LogP contribution >= 0.6 is 0 Å². The minimum absolute atomic E-state index is 0.0256. The number of benzene rings is 4. The molecular weight excluding hydrogens is 677 g/mol. The molecule has 0 spiro atoms. The molecule has 10 heteroatoms. The Balaban J connectivity index is 1.04. The van der Waals surface area contributed by atoms with E-state index in [1.807, 2.05) is 147 Å². The number of hydrogen-bond donors (Lipinski definition) is 2. The summed E-state index contributed by atoms with van der Waals surface area (Å²) in [4.78, 5) is 61.7. The zero-order chi connectivity index (χ0) is 38.2. The summed E-state index contributed by atoms with van der Waals surface area (Å²) in [7, 11) is 7.63. The lowest BCUT2D eigenvalue weighted by atomic mass is 10.0. The Labute approximate surface area is 319 Å². The fourth-order valence-corrected chi connectivity index (χ4v) is 7.59. The highest BCUT2D eigenvalue weighted by Gasteiger charge is 2.39. The number of nitrogens with zero attached hydrogens (tertiary/aromatic N) is 4. The van der Waals surface area contributed by atoms with Gasteiger partial charge in [0.15, 0.2) is 0 Å². The van der Waals surface area contributed by atoms with Gasteiger partial charge in [-0.3, -0.25) is 29.0 Å². The average Bonchev–Trinajstić information content (AvgIpc) is 3.88. The molecular formula is C44H52N6O4. The highest BCUT2D eigenvalue weighted by molar-refractivity contribution is 5.99. The van der Waals surface area contributed by atoms with Gasteiger partial charge in [0.25, 0.3) is 0 Å². The maximum Gasteiger partial charge on any atom is 0.247 e. The minimum Gasteiger partial charge on any atom is -0.329 e. The quantitative estimate of drug-likeness (QED) is 0.187. The van der Waals surface area contributed by atoms with Crippen LogP contribution in [0.4, 0.5) is 11.4 Å². The number of likely N-dealkylation sites (N-methyl/N-ethyl adjacent to an activating group) is 2. The molecule has 0 saturated carbocycles. The summed E-state index contributed by atoms with van der Waals surface area (Å²) in [6.45, 7) is 1.13. The molecule has 2 heterocycles. The van der Waals surface area contributed by atoms with E-state index in [9.17, 15) is 19.2 Å². The highest BCUT2D eigenvalue weighted by Crippen LogP contribution is 2.27. The second kappa shape index (κ2) is 17.7. The predicted octanol–water partition coefficient (Wildman–Crippen LogP) is 5.56. The van der Waals surface area contributed by atoms with Crippen molar-refractivity contribution in [2.75, 3.05) is 51.9 Å². The molecule has 282 valence electrons. The third-order valence-electron chi connectivity index (χ3n) is 10.7. The van der Waals surface area contributed by atoms with Crippen LogP contribution in [0.3, 0.4) is 0 Å². The van der Waals surface area contributed by atoms with Crippen LogP contribution < -0.4 is 10.6 Å². The summed E-state index contributed by atoms with van der Waals surface area (Å²) < 4.78 is 0. The molecule has 0 radical (unpaired) electrons. The van der Waals surface area contributed by atoms with E-state index in [4.69, 9.17) is 0 Å². The maximum absolute atomic E-state index is 13.7. The molecule has 2 saturated heterocycles. The fourth-order valence-electron chi connectivity index (χ4n) is 7.59. The Morgan fingerprint density at radius 1 is 0.556 bits per heavy atom. The van der Waals surface area contributed by atoms with Gasteiger partial charge in [-0.1, -0.05) is 84.9 Å². The zero-order valence-electron chi connectivity index (χ0n) is 31.8. The smallest absolute Gasteiger partial charge is 0.247 e. The van der Waals surface area contributed by atoms with E-state index < -0.39 is 12.1 Å². The third kappa shape index (κ3) is 9.24. The zero-order valence-corrected chi connectivity index (χ0v) is 31.8. The first-order valence-corrected chi connectivity index (χ1v) is 18.9. The van der Waals surface area contributed by atoms with Crippen molar-refractivity contribution < 1.29 is 19.2 Å². The van der Waals surface area contributed by atoms with E-state index in [2.05, 4.69) is 10.6 Å². The van der Waals surface area contributed by atoms with E-state index >= 15 is 0 Å². The summed E-state index contributed by atoms with van der Waals surface area (Å²) in [6.07, 6.45) is 3.99. The topological polar surface area (TPSA) is 105 Å². The van der Waals surface area contributed by atoms with Crippen LogP contribution in [0.2, 0.25) is 0 Å². The molecule has 2 aliphatic rings. The van der Waals surface area contributed by atoms with Gasteiger partial charge < -0.3 is 20.4 Å². The van der Waals surface area contributed by atoms with Crippen molar-refractivity contribution in [3.8, 4) is 11.1 Å². The molecule has 4 aromatic rings. The molecule has 2 fully saturated rings. The summed E-state index contributed by atoms with van der Waals surface area (Å²) in [5, 5.41) is 6.07. The molecule has 4 aromatic carbocycles. The number of amides is 4. The SMILES string of the molecule is CN(C)[C@H](Cc1ccccc1)C(=O)N1CCC[C@H]1C(=O)Nc1ccc(-c2ccc(NC(=O)[C@@H]3CCCN3C(=O)[C@@H](Cc3ccccc3)N(C)C)cc2)cc1. The average molecular weight is 729 g/mol. The monoisotopic (exact) mass is 728 g/mol. The van der Waals surface area contributed by atoms with E-state index in [1.54, 1.807) is 9.80 Å². The molecule has 6 rings (SSSR count). The number of carbonyl (C=O) groups is 4. The second-order valence-corrected chi connectivity index (χ2v) is 14.9. The van der Waals surface area contributed by atoms with Gasteiger partial charge in [-0.15, -0.1) is 0 Å². The summed E-state index contributed by atoms with van der Waals surface area (Å²) in [5.74, 6) is -0.409. The van der Waals surface area contributed by atoms with Crippen LogP contribution in [0.1, 0.15) is 36.8 Å². The van der Waals surface area contributed by atoms with E-state index in [1.165, 1.54) is 0 Å². The number of hydrogen-bond acceptors (Lipinski definition) is 6. The molecule has 0 aromatic heterocycles. The fraction of sp³-hybridized carbons (Fsp3) is 0.364. The first kappa shape index (κ1) is 38.4. The predicted molar refractivity (Wildman–Crippen MR) is 214 cm³/mol. The normalized spacial score (nSPS) is 18.1. The van der Waals surface area contributed by atoms with Gasteiger partial charge in [-0.2, -0.15) is 0 Å². The molecule has 0 aliphatic carbocycles. The van der Waals surface area contributed by atoms with Crippen LogP contribution in [0, 0.1) is 0 Å². The number of nitrogens with one attached hydrogen (secondary N) is 2. The van der Waals surface area contributed by atoms with Crippen LogP contribution in [0.25, 0.3) is 11.1 Å². The number of carbonyl (C=O) groups excluding carboxylic acids is 4. The molecule has 10 nitrogen and oxygen atoms in total. The van der Waals surface area contributed by atoms with Gasteiger partial charge in [0.1, 0.15) is 12.1 Å². The molecule has 2 aliphatic heterocycles. The number of likely N-dealkylation sites (tertiary alicyclic amines) is 2. The van der Waals surface area contributed by atoms with E-state index in [0.717, 1.165) is 35.1 Å². The molecule has 0 bridgehead atoms. The third-order valence-corrected chi connectivity index (χ3v) is 10.7. The first-order chi connectivity index (χ1) is 26.1. The van der Waals surface area contributed by atoms with E-state index in [-0.39, 0.29) is 35.7 Å². The van der Waals surface area contributed by atoms with Gasteiger partial charge in [-0.25, -0.2) is 0 Å². The maximum atomic E-state index is 13.7. The van der Waals surface area contributed by atoms with Crippen LogP contribution in [0.5, 0.6) is 0 Å². The highest BCUT2D eigenvalue weighted by atomic mass is 16.2. The molecule has 2 N–H and O–H groups in total. The first-order valence-electron chi connectivity index (χ1n) is 18.9. The van der Waals surface area contributed by atoms with Crippen molar-refractivity contribution in [2.24, 2.45) is 0 Å². The van der Waals surface area contributed by atoms with Gasteiger partial charge in [0.2, 0.25) is 23.6 Å². The van der Waals surface area contributed by atoms with Crippen molar-refractivity contribution in [3.63, 3.8) is 0 Å². The van der Waals surface area contributed by atoms with E-state index in [0.29, 0.717) is 50.1 Å². The molecule has 54 heavy (non-hydrogen) atoms. The standard InChI is InChI=1S/C44H52N6O4/c1-47(2)39(29-31-13-7-5-8-14-31)43(53)49-27-11-17-37(49)41(51)45-35-23-19-33(20-24-35)34-21-25-36(26-22-34)46-42(52)38-18-12-28-50(38)44(54)40(48(3)4)30-32-15-9-6-10-16-32/h5-10,13-16,19-26,37-40H,11-12,17-18,27-30H2,1-4H3,(H,45,51)(H,46,52)/t37-,38-,39+,40+/m0/s1. The lowest BCUT2D eigenvalue weighted by Crippen LogP contribution is -2.51. The number of rotatable bonds is 13. The second-order valence-electron chi connectivity index (χ2n) is 14.9. The van der Waals surface area contributed by atoms with Crippen LogP contribution in [-0.4, -0.2) is 109 Å². The Morgan fingerprint density at radius 3 is 1.24 bits per heavy atom. The Morgan fingerprint density at radius 2 is 0.907 bits per heavy atom. The molecule has 4 amide bonds. The largest absolute Gasteiger partial charge is 0.329 e. The van der Waals surface area contributed by atoms with Gasteiger partial charge in [0, 0.05) is 24.5 Å². The van der Waals surface area contributed by atoms with Crippen molar-refractivity contribution in [3.05, 3.63) is 120 Å². The lowest BCUT2D eigenvalue weighted by molar-refractivity contribution is -0.140. The van der Waals surface area contributed by atoms with Gasteiger partial charge in [-0.05, 0) is 113 Å². The summed E-state index contributed by atoms with van der Waals surface area (Å²) in [6, 6.07) is 33.4. The lowest BCUT2D eigenvalue weighted by Gasteiger charge is -2.31. The van der Waals surface area contributed by atoms with Crippen LogP contribution in [-0.2, 0) is 32.0 Å². The Kier molecular flexibility index (Phi) is 12.6. The van der Waals surface area contributed by atoms with Crippen molar-refractivity contribution in [1.82, 2.24) is 19.6 Å². The Bertz CT molecular complexity index is 1740. The Hall–Kier alpha value is -5.32. The van der Waals surface area contributed by atoms with Crippen molar-refractivity contribution in [1.29, 1.82) is 0 Å². The summed E-state index contributed by atoms with van der Waals surface area (Å²) >= 11 is 0. The number of anilines is 2. The molecule has 4 atom stereocenters. The van der Waals surface area contributed by atoms with Gasteiger partial charge in [0.05, 0.1) is 12.1 Å².